The summed E-state index contributed by atoms with van der Waals surface area (Å²) in [6.45, 7) is 6.71. The summed E-state index contributed by atoms with van der Waals surface area (Å²) < 4.78 is 0. The van der Waals surface area contributed by atoms with Crippen molar-refractivity contribution in [2.75, 3.05) is 26.2 Å². The molecule has 4 heteroatoms. The van der Waals surface area contributed by atoms with Crippen molar-refractivity contribution in [1.82, 2.24) is 9.80 Å². The zero-order valence-electron chi connectivity index (χ0n) is 14.2. The molecule has 2 aliphatic rings. The number of hydrogen-bond acceptors (Lipinski definition) is 2. The van der Waals surface area contributed by atoms with E-state index in [4.69, 9.17) is 0 Å². The van der Waals surface area contributed by atoms with Gasteiger partial charge in [-0.05, 0) is 48.4 Å². The summed E-state index contributed by atoms with van der Waals surface area (Å²) in [5.74, 6) is 0.703. The van der Waals surface area contributed by atoms with E-state index in [9.17, 15) is 9.59 Å². The first kappa shape index (κ1) is 16.0. The fraction of sp³-hybridized carbons (Fsp3) is 0.579. The second-order valence-electron chi connectivity index (χ2n) is 7.11. The molecular weight excluding hydrogens is 288 g/mol. The lowest BCUT2D eigenvalue weighted by atomic mass is 10.1. The van der Waals surface area contributed by atoms with Gasteiger partial charge in [0.1, 0.15) is 0 Å². The van der Waals surface area contributed by atoms with Crippen LogP contribution in [0.5, 0.6) is 0 Å². The third-order valence-electron chi connectivity index (χ3n) is 4.85. The fourth-order valence-electron chi connectivity index (χ4n) is 3.52. The van der Waals surface area contributed by atoms with Crippen LogP contribution in [0.3, 0.4) is 0 Å². The first-order chi connectivity index (χ1) is 11.0. The lowest BCUT2D eigenvalue weighted by Gasteiger charge is -2.35. The van der Waals surface area contributed by atoms with E-state index in [0.717, 1.165) is 18.4 Å². The topological polar surface area (TPSA) is 40.6 Å². The summed E-state index contributed by atoms with van der Waals surface area (Å²) in [6, 6.07) is 6.14. The second kappa shape index (κ2) is 6.73. The van der Waals surface area contributed by atoms with E-state index in [1.807, 2.05) is 15.9 Å². The van der Waals surface area contributed by atoms with Crippen LogP contribution in [-0.4, -0.2) is 47.8 Å². The van der Waals surface area contributed by atoms with E-state index < -0.39 is 0 Å². The van der Waals surface area contributed by atoms with E-state index in [2.05, 4.69) is 26.0 Å². The largest absolute Gasteiger partial charge is 0.339 e. The van der Waals surface area contributed by atoms with Crippen LogP contribution in [0.25, 0.3) is 0 Å². The number of amides is 2. The lowest BCUT2D eigenvalue weighted by molar-refractivity contribution is -0.133. The second-order valence-corrected chi connectivity index (χ2v) is 7.11. The maximum absolute atomic E-state index is 12.7. The van der Waals surface area contributed by atoms with Crippen LogP contribution in [0.15, 0.2) is 18.2 Å². The molecule has 0 aromatic heterocycles. The van der Waals surface area contributed by atoms with Gasteiger partial charge < -0.3 is 9.80 Å². The molecule has 1 saturated heterocycles. The zero-order valence-corrected chi connectivity index (χ0v) is 14.2. The number of benzene rings is 1. The molecule has 1 aromatic carbocycles. The van der Waals surface area contributed by atoms with Crippen LogP contribution in [0.2, 0.25) is 0 Å². The molecule has 4 nitrogen and oxygen atoms in total. The van der Waals surface area contributed by atoms with E-state index in [1.54, 1.807) is 0 Å². The van der Waals surface area contributed by atoms with E-state index in [0.29, 0.717) is 38.5 Å². The molecule has 0 bridgehead atoms. The van der Waals surface area contributed by atoms with Gasteiger partial charge in [0.2, 0.25) is 5.91 Å². The lowest BCUT2D eigenvalue weighted by Crippen LogP contribution is -2.50. The highest BCUT2D eigenvalue weighted by Crippen LogP contribution is 2.23. The maximum Gasteiger partial charge on any atom is 0.253 e. The van der Waals surface area contributed by atoms with E-state index in [-0.39, 0.29) is 11.8 Å². The molecular formula is C19H26N2O2. The first-order valence-corrected chi connectivity index (χ1v) is 8.73. The number of aryl methyl sites for hydroxylation is 2. The molecule has 0 saturated carbocycles. The molecule has 124 valence electrons. The smallest absolute Gasteiger partial charge is 0.253 e. The molecule has 1 aliphatic heterocycles. The number of carbonyl (C=O) groups excluding carboxylic acids is 2. The fourth-order valence-corrected chi connectivity index (χ4v) is 3.52. The predicted octanol–water partition coefficient (Wildman–Crippen LogP) is 2.51. The Labute approximate surface area is 138 Å². The predicted molar refractivity (Wildman–Crippen MR) is 90.4 cm³/mol. The Morgan fingerprint density at radius 1 is 1.00 bits per heavy atom. The van der Waals surface area contributed by atoms with Crippen molar-refractivity contribution in [2.24, 2.45) is 5.92 Å². The molecule has 0 unspecified atom stereocenters. The number of hydrogen-bond donors (Lipinski definition) is 0. The minimum absolute atomic E-state index is 0.107. The molecule has 0 spiro atoms. The Kier molecular flexibility index (Phi) is 4.69. The van der Waals surface area contributed by atoms with Crippen molar-refractivity contribution in [3.05, 3.63) is 34.9 Å². The minimum atomic E-state index is 0.107. The first-order valence-electron chi connectivity index (χ1n) is 8.73. The monoisotopic (exact) mass is 314 g/mol. The maximum atomic E-state index is 12.7. The van der Waals surface area contributed by atoms with Crippen LogP contribution in [0, 0.1) is 5.92 Å². The summed E-state index contributed by atoms with van der Waals surface area (Å²) in [5, 5.41) is 0. The van der Waals surface area contributed by atoms with Gasteiger partial charge in [0.25, 0.3) is 5.91 Å². The molecule has 1 heterocycles. The van der Waals surface area contributed by atoms with Crippen LogP contribution >= 0.6 is 0 Å². The van der Waals surface area contributed by atoms with Crippen molar-refractivity contribution >= 4 is 11.8 Å². The van der Waals surface area contributed by atoms with Crippen LogP contribution in [0.1, 0.15) is 48.2 Å². The average Bonchev–Trinajstić information content (AvgIpc) is 3.01. The van der Waals surface area contributed by atoms with Gasteiger partial charge in [0, 0.05) is 38.2 Å². The molecule has 2 amide bonds. The van der Waals surface area contributed by atoms with Crippen molar-refractivity contribution in [3.63, 3.8) is 0 Å². The third-order valence-corrected chi connectivity index (χ3v) is 4.85. The van der Waals surface area contributed by atoms with Crippen LogP contribution in [0.4, 0.5) is 0 Å². The van der Waals surface area contributed by atoms with Crippen LogP contribution in [-0.2, 0) is 17.6 Å². The number of carbonyl (C=O) groups is 2. The average molecular weight is 314 g/mol. The Bertz CT molecular complexity index is 601. The Morgan fingerprint density at radius 2 is 1.65 bits per heavy atom. The van der Waals surface area contributed by atoms with Crippen molar-refractivity contribution < 1.29 is 9.59 Å². The van der Waals surface area contributed by atoms with Crippen molar-refractivity contribution in [3.8, 4) is 0 Å². The standard InChI is InChI=1S/C19H26N2O2/c1-14(2)12-18(22)20-8-10-21(11-9-20)19(23)17-7-6-15-4-3-5-16(15)13-17/h6-7,13-14H,3-5,8-12H2,1-2H3. The van der Waals surface area contributed by atoms with E-state index in [1.165, 1.54) is 17.5 Å². The van der Waals surface area contributed by atoms with Gasteiger partial charge in [-0.1, -0.05) is 19.9 Å². The highest BCUT2D eigenvalue weighted by Gasteiger charge is 2.25. The van der Waals surface area contributed by atoms with Gasteiger partial charge in [-0.2, -0.15) is 0 Å². The Balaban J connectivity index is 1.59. The van der Waals surface area contributed by atoms with Gasteiger partial charge in [-0.25, -0.2) is 0 Å². The van der Waals surface area contributed by atoms with Gasteiger partial charge in [-0.15, -0.1) is 0 Å². The Hall–Kier alpha value is -1.84. The van der Waals surface area contributed by atoms with Crippen molar-refractivity contribution in [2.45, 2.75) is 39.5 Å². The number of fused-ring (bicyclic) bond motifs is 1. The summed E-state index contributed by atoms with van der Waals surface area (Å²) >= 11 is 0. The number of piperazine rings is 1. The van der Waals surface area contributed by atoms with Gasteiger partial charge in [0.05, 0.1) is 0 Å². The molecule has 23 heavy (non-hydrogen) atoms. The minimum Gasteiger partial charge on any atom is -0.339 e. The molecule has 3 rings (SSSR count). The van der Waals surface area contributed by atoms with Gasteiger partial charge in [-0.3, -0.25) is 9.59 Å². The number of nitrogens with zero attached hydrogens (tertiary/aromatic N) is 2. The highest BCUT2D eigenvalue weighted by molar-refractivity contribution is 5.94. The summed E-state index contributed by atoms with van der Waals surface area (Å²) in [7, 11) is 0. The quantitative estimate of drug-likeness (QED) is 0.860. The summed E-state index contributed by atoms with van der Waals surface area (Å²) in [5.41, 5.74) is 3.53. The molecule has 1 aromatic rings. The summed E-state index contributed by atoms with van der Waals surface area (Å²) in [6.07, 6.45) is 4.02. The molecule has 0 atom stereocenters. The third kappa shape index (κ3) is 3.57. The normalized spacial score (nSPS) is 17.5. The Morgan fingerprint density at radius 3 is 2.35 bits per heavy atom. The zero-order chi connectivity index (χ0) is 16.4. The molecule has 0 radical (unpaired) electrons. The van der Waals surface area contributed by atoms with Gasteiger partial charge in [0.15, 0.2) is 0 Å². The molecule has 1 aliphatic carbocycles. The van der Waals surface area contributed by atoms with Crippen molar-refractivity contribution in [1.29, 1.82) is 0 Å². The van der Waals surface area contributed by atoms with E-state index >= 15 is 0 Å². The molecule has 0 N–H and O–H groups in total. The van der Waals surface area contributed by atoms with Gasteiger partial charge >= 0.3 is 0 Å². The summed E-state index contributed by atoms with van der Waals surface area (Å²) in [4.78, 5) is 28.6. The SMILES string of the molecule is CC(C)CC(=O)N1CCN(C(=O)c2ccc3c(c2)CCC3)CC1. The number of rotatable bonds is 3. The molecule has 1 fully saturated rings. The highest BCUT2D eigenvalue weighted by atomic mass is 16.2. The van der Waals surface area contributed by atoms with Crippen LogP contribution < -0.4 is 0 Å².